The molecule has 31 heavy (non-hydrogen) atoms. The second-order valence-electron chi connectivity index (χ2n) is 8.54. The van der Waals surface area contributed by atoms with Crippen LogP contribution in [0.15, 0.2) is 53.0 Å². The molecular formula is C25H33BrN2O3. The number of benzene rings is 2. The van der Waals surface area contributed by atoms with Crippen molar-refractivity contribution in [3.8, 4) is 5.75 Å². The van der Waals surface area contributed by atoms with Crippen LogP contribution in [0.5, 0.6) is 5.75 Å². The van der Waals surface area contributed by atoms with Gasteiger partial charge >= 0.3 is 0 Å². The average molecular weight is 489 g/mol. The van der Waals surface area contributed by atoms with E-state index in [0.717, 1.165) is 10.0 Å². The number of rotatable bonds is 9. The second-order valence-corrected chi connectivity index (χ2v) is 9.40. The summed E-state index contributed by atoms with van der Waals surface area (Å²) in [5.74, 6) is 0.232. The molecule has 2 rings (SSSR count). The molecule has 0 unspecified atom stereocenters. The van der Waals surface area contributed by atoms with Gasteiger partial charge in [0.1, 0.15) is 11.8 Å². The minimum Gasteiger partial charge on any atom is -0.483 e. The van der Waals surface area contributed by atoms with Crippen LogP contribution in [0, 0.1) is 0 Å². The molecule has 0 aliphatic rings. The van der Waals surface area contributed by atoms with E-state index in [9.17, 15) is 9.59 Å². The quantitative estimate of drug-likeness (QED) is 0.555. The molecule has 2 aromatic rings. The monoisotopic (exact) mass is 488 g/mol. The summed E-state index contributed by atoms with van der Waals surface area (Å²) in [5, 5.41) is 2.67. The summed E-state index contributed by atoms with van der Waals surface area (Å²) >= 11 is 3.55. The Hall–Kier alpha value is -2.34. The van der Waals surface area contributed by atoms with Gasteiger partial charge in [-0.05, 0) is 57.4 Å². The lowest BCUT2D eigenvalue weighted by Gasteiger charge is -2.30. The fourth-order valence-corrected chi connectivity index (χ4v) is 3.86. The topological polar surface area (TPSA) is 58.6 Å². The molecule has 168 valence electrons. The molecule has 0 aromatic heterocycles. The Labute approximate surface area is 194 Å². The molecule has 0 bridgehead atoms. The average Bonchev–Trinajstić information content (AvgIpc) is 2.75. The van der Waals surface area contributed by atoms with Crippen molar-refractivity contribution in [3.05, 3.63) is 64.1 Å². The lowest BCUT2D eigenvalue weighted by Crippen LogP contribution is -2.50. The van der Waals surface area contributed by atoms with Gasteiger partial charge in [-0.1, -0.05) is 64.1 Å². The zero-order chi connectivity index (χ0) is 23.0. The number of ether oxygens (including phenoxy) is 1. The van der Waals surface area contributed by atoms with E-state index in [-0.39, 0.29) is 23.8 Å². The predicted octanol–water partition coefficient (Wildman–Crippen LogP) is 4.72. The number of carbonyl (C=O) groups is 2. The molecule has 0 saturated heterocycles. The van der Waals surface area contributed by atoms with Crippen LogP contribution in [0.4, 0.5) is 0 Å². The maximum atomic E-state index is 13.1. The number of likely N-dealkylation sites (N-methyl/N-ethyl adjacent to an activating group) is 1. The van der Waals surface area contributed by atoms with Crippen molar-refractivity contribution < 1.29 is 14.3 Å². The van der Waals surface area contributed by atoms with Gasteiger partial charge < -0.3 is 15.0 Å². The Morgan fingerprint density at radius 3 is 2.35 bits per heavy atom. The Morgan fingerprint density at radius 2 is 1.81 bits per heavy atom. The molecule has 6 heteroatoms. The highest BCUT2D eigenvalue weighted by molar-refractivity contribution is 9.10. The molecule has 0 radical (unpaired) electrons. The van der Waals surface area contributed by atoms with Crippen LogP contribution in [0.3, 0.4) is 0 Å². The first kappa shape index (κ1) is 24.9. The van der Waals surface area contributed by atoms with Gasteiger partial charge in [-0.25, -0.2) is 0 Å². The predicted molar refractivity (Wildman–Crippen MR) is 128 cm³/mol. The first-order valence-corrected chi connectivity index (χ1v) is 11.4. The number of amides is 2. The van der Waals surface area contributed by atoms with Gasteiger partial charge in [-0.3, -0.25) is 9.59 Å². The van der Waals surface area contributed by atoms with Gasteiger partial charge in [0, 0.05) is 13.6 Å². The molecule has 0 aliphatic carbocycles. The highest BCUT2D eigenvalue weighted by Gasteiger charge is 2.28. The summed E-state index contributed by atoms with van der Waals surface area (Å²) in [5.41, 5.74) is 2.31. The van der Waals surface area contributed by atoms with Gasteiger partial charge in [-0.2, -0.15) is 0 Å². The third-order valence-corrected chi connectivity index (χ3v) is 5.89. The molecule has 0 heterocycles. The summed E-state index contributed by atoms with van der Waals surface area (Å²) in [6.45, 7) is 8.66. The molecule has 0 fully saturated rings. The number of hydrogen-bond donors (Lipinski definition) is 1. The normalized spacial score (nSPS) is 12.2. The number of nitrogens with zero attached hydrogens (tertiary/aromatic N) is 1. The molecule has 2 aromatic carbocycles. The van der Waals surface area contributed by atoms with E-state index in [1.54, 1.807) is 11.9 Å². The lowest BCUT2D eigenvalue weighted by atomic mass is 9.87. The first-order valence-electron chi connectivity index (χ1n) is 10.6. The van der Waals surface area contributed by atoms with Gasteiger partial charge in [0.15, 0.2) is 6.61 Å². The summed E-state index contributed by atoms with van der Waals surface area (Å²) in [4.78, 5) is 27.1. The molecule has 1 atom stereocenters. The van der Waals surface area contributed by atoms with Crippen molar-refractivity contribution in [2.45, 2.75) is 52.0 Å². The van der Waals surface area contributed by atoms with Crippen molar-refractivity contribution in [2.75, 3.05) is 20.2 Å². The Kier molecular flexibility index (Phi) is 9.11. The van der Waals surface area contributed by atoms with E-state index in [1.807, 2.05) is 55.5 Å². The number of halogens is 1. The third kappa shape index (κ3) is 7.10. The van der Waals surface area contributed by atoms with Crippen molar-refractivity contribution in [2.24, 2.45) is 0 Å². The molecular weight excluding hydrogens is 456 g/mol. The maximum Gasteiger partial charge on any atom is 0.261 e. The standard InChI is InChI=1S/C25H33BrN2O3/c1-6-21(24(30)27-5)28(15-14-18-10-8-7-9-11-18)23(29)17-31-22-13-12-19(16-20(22)26)25(2,3)4/h7-13,16,21H,6,14-15,17H2,1-5H3,(H,27,30)/t21-/m0/s1. The zero-order valence-electron chi connectivity index (χ0n) is 19.1. The van der Waals surface area contributed by atoms with Gasteiger partial charge in [0.05, 0.1) is 4.47 Å². The summed E-state index contributed by atoms with van der Waals surface area (Å²) in [7, 11) is 1.59. The van der Waals surface area contributed by atoms with Gasteiger partial charge in [-0.15, -0.1) is 0 Å². The number of nitrogens with one attached hydrogen (secondary N) is 1. The minimum atomic E-state index is -0.531. The summed E-state index contributed by atoms with van der Waals surface area (Å²) in [6, 6.07) is 15.3. The molecule has 1 N–H and O–H groups in total. The molecule has 0 saturated carbocycles. The van der Waals surface area contributed by atoms with Gasteiger partial charge in [0.25, 0.3) is 5.91 Å². The Bertz CT molecular complexity index is 878. The summed E-state index contributed by atoms with van der Waals surface area (Å²) < 4.78 is 6.64. The fourth-order valence-electron chi connectivity index (χ4n) is 3.37. The minimum absolute atomic E-state index is 0.0208. The largest absolute Gasteiger partial charge is 0.483 e. The van der Waals surface area contributed by atoms with Gasteiger partial charge in [0.2, 0.25) is 5.91 Å². The SMILES string of the molecule is CC[C@@H](C(=O)NC)N(CCc1ccccc1)C(=O)COc1ccc(C(C)(C)C)cc1Br. The van der Waals surface area contributed by atoms with Crippen molar-refractivity contribution in [1.82, 2.24) is 10.2 Å². The van der Waals surface area contributed by atoms with Crippen LogP contribution in [-0.2, 0) is 21.4 Å². The highest BCUT2D eigenvalue weighted by Crippen LogP contribution is 2.31. The third-order valence-electron chi connectivity index (χ3n) is 5.27. The van der Waals surface area contributed by atoms with E-state index in [4.69, 9.17) is 4.74 Å². The molecule has 5 nitrogen and oxygen atoms in total. The van der Waals surface area contributed by atoms with Crippen molar-refractivity contribution in [3.63, 3.8) is 0 Å². The van der Waals surface area contributed by atoms with Crippen molar-refractivity contribution in [1.29, 1.82) is 0 Å². The van der Waals surface area contributed by atoms with E-state index in [0.29, 0.717) is 25.1 Å². The number of hydrogen-bond acceptors (Lipinski definition) is 3. The molecule has 2 amide bonds. The maximum absolute atomic E-state index is 13.1. The van der Waals surface area contributed by atoms with E-state index in [1.165, 1.54) is 5.56 Å². The lowest BCUT2D eigenvalue weighted by molar-refractivity contribution is -0.142. The highest BCUT2D eigenvalue weighted by atomic mass is 79.9. The Balaban J connectivity index is 2.13. The second kappa shape index (κ2) is 11.3. The van der Waals surface area contributed by atoms with Crippen LogP contribution in [0.25, 0.3) is 0 Å². The molecule has 0 spiro atoms. The van der Waals surface area contributed by atoms with Crippen LogP contribution >= 0.6 is 15.9 Å². The van der Waals surface area contributed by atoms with Crippen LogP contribution in [0.1, 0.15) is 45.2 Å². The number of carbonyl (C=O) groups excluding carboxylic acids is 2. The zero-order valence-corrected chi connectivity index (χ0v) is 20.7. The summed E-state index contributed by atoms with van der Waals surface area (Å²) in [6.07, 6.45) is 1.20. The molecule has 0 aliphatic heterocycles. The van der Waals surface area contributed by atoms with E-state index >= 15 is 0 Å². The first-order chi connectivity index (χ1) is 14.7. The Morgan fingerprint density at radius 1 is 1.13 bits per heavy atom. The smallest absolute Gasteiger partial charge is 0.261 e. The van der Waals surface area contributed by atoms with Crippen LogP contribution in [-0.4, -0.2) is 43.0 Å². The van der Waals surface area contributed by atoms with E-state index < -0.39 is 6.04 Å². The van der Waals surface area contributed by atoms with Crippen LogP contribution < -0.4 is 10.1 Å². The van der Waals surface area contributed by atoms with Crippen LogP contribution in [0.2, 0.25) is 0 Å². The fraction of sp³-hybridized carbons (Fsp3) is 0.440. The van der Waals surface area contributed by atoms with E-state index in [2.05, 4.69) is 42.0 Å². The van der Waals surface area contributed by atoms with Crippen molar-refractivity contribution >= 4 is 27.7 Å².